The fraction of sp³-hybridized carbons (Fsp3) is 0.321. The number of carbonyl (C=O) groups is 1. The van der Waals surface area contributed by atoms with Crippen LogP contribution in [0.4, 0.5) is 5.69 Å². The highest BCUT2D eigenvalue weighted by Crippen LogP contribution is 2.25. The van der Waals surface area contributed by atoms with E-state index in [4.69, 9.17) is 4.74 Å². The fourth-order valence-corrected chi connectivity index (χ4v) is 3.70. The Balaban J connectivity index is 1.44. The first kappa shape index (κ1) is 23.5. The van der Waals surface area contributed by atoms with Gasteiger partial charge in [0.05, 0.1) is 5.69 Å². The van der Waals surface area contributed by atoms with Crippen LogP contribution in [0.25, 0.3) is 16.7 Å². The molecule has 0 unspecified atom stereocenters. The quantitative estimate of drug-likeness (QED) is 0.377. The Morgan fingerprint density at radius 1 is 0.971 bits per heavy atom. The van der Waals surface area contributed by atoms with Crippen molar-refractivity contribution >= 4 is 22.6 Å². The van der Waals surface area contributed by atoms with Gasteiger partial charge in [-0.1, -0.05) is 58.9 Å². The van der Waals surface area contributed by atoms with Crippen LogP contribution in [-0.2, 0) is 10.2 Å². The maximum absolute atomic E-state index is 12.5. The average Bonchev–Trinajstić information content (AvgIpc) is 3.20. The molecule has 0 bridgehead atoms. The molecule has 0 aliphatic rings. The molecule has 6 nitrogen and oxygen atoms in total. The zero-order chi connectivity index (χ0) is 24.5. The second-order valence-corrected chi connectivity index (χ2v) is 10.0. The first-order chi connectivity index (χ1) is 16.1. The molecule has 1 aromatic heterocycles. The molecule has 1 heterocycles. The Labute approximate surface area is 200 Å². The number of fused-ring (bicyclic) bond motifs is 1. The van der Waals surface area contributed by atoms with Crippen molar-refractivity contribution in [3.05, 3.63) is 77.4 Å². The lowest BCUT2D eigenvalue weighted by Crippen LogP contribution is -2.20. The molecule has 4 aromatic rings. The number of nitrogens with zero attached hydrogens (tertiary/aromatic N) is 3. The van der Waals surface area contributed by atoms with Crippen molar-refractivity contribution in [2.24, 2.45) is 0 Å². The molecular weight excluding hydrogens is 424 g/mol. The van der Waals surface area contributed by atoms with E-state index in [1.807, 2.05) is 55.5 Å². The second-order valence-electron chi connectivity index (χ2n) is 10.0. The minimum atomic E-state index is -0.223. The summed E-state index contributed by atoms with van der Waals surface area (Å²) in [6.45, 7) is 12.7. The molecule has 0 aliphatic heterocycles. The van der Waals surface area contributed by atoms with Crippen LogP contribution in [0.5, 0.6) is 5.75 Å². The maximum atomic E-state index is 12.5. The Morgan fingerprint density at radius 3 is 2.18 bits per heavy atom. The SMILES string of the molecule is Cc1cc2nn(-c3ccc(C(C)C)cc3)nc2cc1NC(=O)COc1ccc(C(C)(C)C)cc1. The Bertz CT molecular complexity index is 1300. The van der Waals surface area contributed by atoms with E-state index in [1.54, 1.807) is 4.80 Å². The third-order valence-electron chi connectivity index (χ3n) is 5.88. The molecule has 0 saturated heterocycles. The minimum absolute atomic E-state index is 0.0682. The van der Waals surface area contributed by atoms with Gasteiger partial charge in [0.25, 0.3) is 5.91 Å². The Morgan fingerprint density at radius 2 is 1.59 bits per heavy atom. The summed E-state index contributed by atoms with van der Waals surface area (Å²) in [5.41, 5.74) is 6.57. The molecule has 0 saturated carbocycles. The van der Waals surface area contributed by atoms with E-state index in [0.717, 1.165) is 16.8 Å². The predicted molar refractivity (Wildman–Crippen MR) is 137 cm³/mol. The number of nitrogens with one attached hydrogen (secondary N) is 1. The highest BCUT2D eigenvalue weighted by Gasteiger charge is 2.14. The molecule has 0 aliphatic carbocycles. The van der Waals surface area contributed by atoms with Crippen molar-refractivity contribution in [2.45, 2.75) is 52.9 Å². The molecule has 0 radical (unpaired) electrons. The second kappa shape index (κ2) is 9.29. The van der Waals surface area contributed by atoms with E-state index >= 15 is 0 Å². The summed E-state index contributed by atoms with van der Waals surface area (Å²) >= 11 is 0. The average molecular weight is 457 g/mol. The van der Waals surface area contributed by atoms with Crippen LogP contribution in [-0.4, -0.2) is 27.5 Å². The van der Waals surface area contributed by atoms with Crippen LogP contribution in [0.15, 0.2) is 60.7 Å². The number of benzene rings is 3. The monoisotopic (exact) mass is 456 g/mol. The number of hydrogen-bond donors (Lipinski definition) is 1. The number of rotatable bonds is 6. The minimum Gasteiger partial charge on any atom is -0.484 e. The standard InChI is InChI=1S/C28H32N4O2/c1-18(2)20-7-11-22(12-8-20)32-30-25-15-19(3)24(16-26(25)31-32)29-27(33)17-34-23-13-9-21(10-14-23)28(4,5)6/h7-16,18H,17H2,1-6H3,(H,29,33). The Kier molecular flexibility index (Phi) is 6.42. The number of anilines is 1. The van der Waals surface area contributed by atoms with Crippen molar-refractivity contribution in [1.29, 1.82) is 0 Å². The molecular formula is C28H32N4O2. The van der Waals surface area contributed by atoms with Crippen LogP contribution in [0, 0.1) is 6.92 Å². The van der Waals surface area contributed by atoms with E-state index in [-0.39, 0.29) is 17.9 Å². The van der Waals surface area contributed by atoms with Crippen LogP contribution in [0.3, 0.4) is 0 Å². The first-order valence-corrected chi connectivity index (χ1v) is 11.6. The third-order valence-corrected chi connectivity index (χ3v) is 5.88. The molecule has 1 N–H and O–H groups in total. The van der Waals surface area contributed by atoms with Crippen molar-refractivity contribution in [2.75, 3.05) is 11.9 Å². The lowest BCUT2D eigenvalue weighted by molar-refractivity contribution is -0.118. The zero-order valence-electron chi connectivity index (χ0n) is 20.7. The van der Waals surface area contributed by atoms with E-state index in [1.165, 1.54) is 11.1 Å². The van der Waals surface area contributed by atoms with E-state index in [2.05, 4.69) is 62.3 Å². The molecule has 0 atom stereocenters. The van der Waals surface area contributed by atoms with Gasteiger partial charge in [0.1, 0.15) is 16.8 Å². The first-order valence-electron chi connectivity index (χ1n) is 11.6. The van der Waals surface area contributed by atoms with Gasteiger partial charge in [-0.15, -0.1) is 10.2 Å². The smallest absolute Gasteiger partial charge is 0.262 e. The van der Waals surface area contributed by atoms with Gasteiger partial charge in [-0.05, 0) is 71.3 Å². The summed E-state index contributed by atoms with van der Waals surface area (Å²) in [6, 6.07) is 19.9. The predicted octanol–water partition coefficient (Wildman–Crippen LogP) is 6.17. The number of ether oxygens (including phenoxy) is 1. The lowest BCUT2D eigenvalue weighted by atomic mass is 9.87. The van der Waals surface area contributed by atoms with E-state index < -0.39 is 0 Å². The third kappa shape index (κ3) is 5.28. The van der Waals surface area contributed by atoms with E-state index in [9.17, 15) is 4.79 Å². The zero-order valence-corrected chi connectivity index (χ0v) is 20.7. The van der Waals surface area contributed by atoms with Crippen molar-refractivity contribution < 1.29 is 9.53 Å². The highest BCUT2D eigenvalue weighted by molar-refractivity contribution is 5.95. The van der Waals surface area contributed by atoms with Crippen molar-refractivity contribution in [3.63, 3.8) is 0 Å². The van der Waals surface area contributed by atoms with Crippen LogP contribution < -0.4 is 10.1 Å². The molecule has 0 fully saturated rings. The van der Waals surface area contributed by atoms with Gasteiger partial charge in [0.15, 0.2) is 6.61 Å². The molecule has 4 rings (SSSR count). The lowest BCUT2D eigenvalue weighted by Gasteiger charge is -2.19. The summed E-state index contributed by atoms with van der Waals surface area (Å²) < 4.78 is 5.68. The molecule has 6 heteroatoms. The summed E-state index contributed by atoms with van der Waals surface area (Å²) in [7, 11) is 0. The van der Waals surface area contributed by atoms with Gasteiger partial charge in [-0.25, -0.2) is 0 Å². The molecule has 0 spiro atoms. The van der Waals surface area contributed by atoms with Crippen molar-refractivity contribution in [1.82, 2.24) is 15.0 Å². The van der Waals surface area contributed by atoms with Crippen molar-refractivity contribution in [3.8, 4) is 11.4 Å². The number of carbonyl (C=O) groups excluding carboxylic acids is 1. The van der Waals surface area contributed by atoms with Crippen LogP contribution in [0.1, 0.15) is 57.2 Å². The normalized spacial score (nSPS) is 11.7. The Hall–Kier alpha value is -3.67. The van der Waals surface area contributed by atoms with Gasteiger partial charge >= 0.3 is 0 Å². The number of amides is 1. The summed E-state index contributed by atoms with van der Waals surface area (Å²) in [5.74, 6) is 0.917. The fourth-order valence-electron chi connectivity index (χ4n) is 3.70. The van der Waals surface area contributed by atoms with Crippen LogP contribution >= 0.6 is 0 Å². The number of aromatic nitrogens is 3. The molecule has 1 amide bonds. The van der Waals surface area contributed by atoms with Crippen LogP contribution in [0.2, 0.25) is 0 Å². The van der Waals surface area contributed by atoms with Gasteiger partial charge < -0.3 is 10.1 Å². The number of aryl methyl sites for hydroxylation is 1. The molecule has 3 aromatic carbocycles. The summed E-state index contributed by atoms with van der Waals surface area (Å²) in [5, 5.41) is 12.2. The van der Waals surface area contributed by atoms with Gasteiger partial charge in [0, 0.05) is 5.69 Å². The summed E-state index contributed by atoms with van der Waals surface area (Å²) in [4.78, 5) is 14.2. The van der Waals surface area contributed by atoms with Gasteiger partial charge in [-0.2, -0.15) is 4.80 Å². The molecule has 34 heavy (non-hydrogen) atoms. The van der Waals surface area contributed by atoms with Gasteiger partial charge in [0.2, 0.25) is 0 Å². The highest BCUT2D eigenvalue weighted by atomic mass is 16.5. The summed E-state index contributed by atoms with van der Waals surface area (Å²) in [6.07, 6.45) is 0. The topological polar surface area (TPSA) is 69.0 Å². The molecule has 176 valence electrons. The number of hydrogen-bond acceptors (Lipinski definition) is 4. The van der Waals surface area contributed by atoms with E-state index in [0.29, 0.717) is 22.9 Å². The maximum Gasteiger partial charge on any atom is 0.262 e. The largest absolute Gasteiger partial charge is 0.484 e. The van der Waals surface area contributed by atoms with Gasteiger partial charge in [-0.3, -0.25) is 4.79 Å².